The van der Waals surface area contributed by atoms with Gasteiger partial charge in [-0.2, -0.15) is 0 Å². The molecule has 2 aromatic rings. The molecule has 0 atom stereocenters. The molecule has 0 nitrogen and oxygen atoms in total. The zero-order chi connectivity index (χ0) is 17.4. The van der Waals surface area contributed by atoms with Crippen molar-refractivity contribution in [1.82, 2.24) is 0 Å². The quantitative estimate of drug-likeness (QED) is 0.468. The van der Waals surface area contributed by atoms with Crippen molar-refractivity contribution in [3.05, 3.63) is 83.9 Å². The summed E-state index contributed by atoms with van der Waals surface area (Å²) in [6.07, 6.45) is 1.75. The number of rotatable bonds is 1. The Morgan fingerprint density at radius 2 is 1.26 bits per heavy atom. The van der Waals surface area contributed by atoms with Crippen LogP contribution in [-0.4, -0.2) is 0 Å². The summed E-state index contributed by atoms with van der Waals surface area (Å²) in [5.41, 5.74) is 4.11. The minimum atomic E-state index is 0. The predicted molar refractivity (Wildman–Crippen MR) is 110 cm³/mol. The van der Waals surface area contributed by atoms with Crippen LogP contribution in [0.2, 0.25) is 0 Å². The van der Waals surface area contributed by atoms with E-state index >= 15 is 0 Å². The number of allylic oxidation sites excluding steroid dienone is 1. The first kappa shape index (κ1) is 26.1. The lowest BCUT2D eigenvalue weighted by atomic mass is 10.0. The Hall–Kier alpha value is -1.82. The summed E-state index contributed by atoms with van der Waals surface area (Å²) in [6.45, 7) is 17.9. The molecule has 130 valence electrons. The predicted octanol–water partition coefficient (Wildman–Crippen LogP) is 7.97. The van der Waals surface area contributed by atoms with Crippen LogP contribution < -0.4 is 0 Å². The Balaban J connectivity index is -0.000000271. The maximum atomic E-state index is 3.36. The van der Waals surface area contributed by atoms with Crippen LogP contribution in [-0.2, 0) is 0 Å². The van der Waals surface area contributed by atoms with Gasteiger partial charge in [0, 0.05) is 0 Å². The molecule has 2 aromatic carbocycles. The summed E-state index contributed by atoms with van der Waals surface area (Å²) in [5, 5.41) is 0. The van der Waals surface area contributed by atoms with Crippen LogP contribution in [0, 0.1) is 13.8 Å². The Bertz CT molecular complexity index is 466. The lowest BCUT2D eigenvalue weighted by Crippen LogP contribution is -1.86. The molecule has 0 bridgehead atoms. The maximum absolute atomic E-state index is 3.36. The number of hydrogen-bond acceptors (Lipinski definition) is 0. The van der Waals surface area contributed by atoms with Crippen LogP contribution in [0.15, 0.2) is 67.3 Å². The first-order chi connectivity index (χ1) is 10.5. The lowest BCUT2D eigenvalue weighted by Gasteiger charge is -2.04. The van der Waals surface area contributed by atoms with Gasteiger partial charge in [-0.25, -0.2) is 0 Å². The fourth-order valence-electron chi connectivity index (χ4n) is 1.56. The molecule has 0 N–H and O–H groups in total. The molecule has 0 aliphatic heterocycles. The first-order valence-corrected chi connectivity index (χ1v) is 8.16. The van der Waals surface area contributed by atoms with Gasteiger partial charge in [-0.05, 0) is 32.3 Å². The third-order valence-electron chi connectivity index (χ3n) is 2.65. The van der Waals surface area contributed by atoms with E-state index in [1.165, 1.54) is 16.7 Å². The topological polar surface area (TPSA) is 0 Å². The molecule has 2 rings (SSSR count). The molecule has 0 saturated heterocycles. The van der Waals surface area contributed by atoms with Gasteiger partial charge in [0.05, 0.1) is 0 Å². The first-order valence-electron chi connectivity index (χ1n) is 8.16. The maximum Gasteiger partial charge on any atom is -0.0219 e. The summed E-state index contributed by atoms with van der Waals surface area (Å²) in [5.74, 6) is 0.653. The molecule has 0 aromatic heterocycles. The SMILES string of the molecule is C.C=CC.CC.Cc1cccc(C(C)C)c1.Cc1ccccc1. The zero-order valence-corrected chi connectivity index (χ0v) is 15.6. The van der Waals surface area contributed by atoms with Gasteiger partial charge >= 0.3 is 0 Å². The molecule has 0 heteroatoms. The van der Waals surface area contributed by atoms with E-state index in [0.29, 0.717) is 5.92 Å². The molecule has 0 radical (unpaired) electrons. The van der Waals surface area contributed by atoms with E-state index in [-0.39, 0.29) is 7.43 Å². The van der Waals surface area contributed by atoms with E-state index < -0.39 is 0 Å². The third-order valence-corrected chi connectivity index (χ3v) is 2.65. The zero-order valence-electron chi connectivity index (χ0n) is 15.6. The number of hydrogen-bond donors (Lipinski definition) is 0. The molecular weight excluding hydrogens is 276 g/mol. The number of aryl methyl sites for hydroxylation is 2. The van der Waals surface area contributed by atoms with Crippen molar-refractivity contribution in [2.24, 2.45) is 0 Å². The van der Waals surface area contributed by atoms with Crippen molar-refractivity contribution in [3.63, 3.8) is 0 Å². The Morgan fingerprint density at radius 1 is 0.826 bits per heavy atom. The van der Waals surface area contributed by atoms with E-state index in [1.54, 1.807) is 6.08 Å². The smallest absolute Gasteiger partial charge is 0.0219 e. The summed E-state index contributed by atoms with van der Waals surface area (Å²) >= 11 is 0. The fraction of sp³-hybridized carbons (Fsp3) is 0.391. The second-order valence-electron chi connectivity index (χ2n) is 5.13. The molecule has 0 heterocycles. The van der Waals surface area contributed by atoms with Crippen LogP contribution in [0.5, 0.6) is 0 Å². The van der Waals surface area contributed by atoms with Crippen molar-refractivity contribution in [2.75, 3.05) is 0 Å². The molecule has 23 heavy (non-hydrogen) atoms. The standard InChI is InChI=1S/C10H14.C7H8.C3H6.C2H6.CH4/c1-8(2)10-6-4-5-9(3)7-10;1-7-5-3-2-4-6-7;1-3-2;1-2;/h4-8H,1-3H3;2-6H,1H3;3H,1H2,2H3;1-2H3;1H4. The van der Waals surface area contributed by atoms with E-state index in [1.807, 2.05) is 39.0 Å². The Labute approximate surface area is 146 Å². The summed E-state index contributed by atoms with van der Waals surface area (Å²) in [7, 11) is 0. The van der Waals surface area contributed by atoms with Gasteiger partial charge < -0.3 is 0 Å². The van der Waals surface area contributed by atoms with E-state index in [2.05, 4.69) is 70.7 Å². The molecule has 0 spiro atoms. The highest BCUT2D eigenvalue weighted by Gasteiger charge is 1.96. The largest absolute Gasteiger partial charge is 0.103 e. The molecule has 0 amide bonds. The second kappa shape index (κ2) is 18.2. The normalized spacial score (nSPS) is 8.00. The molecular formula is C23H38. The van der Waals surface area contributed by atoms with E-state index in [0.717, 1.165) is 0 Å². The van der Waals surface area contributed by atoms with E-state index in [4.69, 9.17) is 0 Å². The summed E-state index contributed by atoms with van der Waals surface area (Å²) < 4.78 is 0. The molecule has 0 aliphatic rings. The van der Waals surface area contributed by atoms with Crippen molar-refractivity contribution >= 4 is 0 Å². The highest BCUT2D eigenvalue weighted by Crippen LogP contribution is 2.14. The molecule has 0 unspecified atom stereocenters. The van der Waals surface area contributed by atoms with E-state index in [9.17, 15) is 0 Å². The van der Waals surface area contributed by atoms with Crippen LogP contribution in [0.25, 0.3) is 0 Å². The Kier molecular flexibility index (Phi) is 20.7. The van der Waals surface area contributed by atoms with Gasteiger partial charge in [0.1, 0.15) is 0 Å². The average molecular weight is 315 g/mol. The van der Waals surface area contributed by atoms with Crippen LogP contribution in [0.1, 0.15) is 64.7 Å². The highest BCUT2D eigenvalue weighted by atomic mass is 14.0. The minimum Gasteiger partial charge on any atom is -0.103 e. The molecule has 0 saturated carbocycles. The lowest BCUT2D eigenvalue weighted by molar-refractivity contribution is 0.865. The number of benzene rings is 2. The van der Waals surface area contributed by atoms with Gasteiger partial charge in [-0.1, -0.05) is 107 Å². The van der Waals surface area contributed by atoms with Gasteiger partial charge in [-0.3, -0.25) is 0 Å². The van der Waals surface area contributed by atoms with Gasteiger partial charge in [0.25, 0.3) is 0 Å². The average Bonchev–Trinajstić information content (AvgIpc) is 2.51. The van der Waals surface area contributed by atoms with Gasteiger partial charge in [0.15, 0.2) is 0 Å². The van der Waals surface area contributed by atoms with Crippen molar-refractivity contribution in [3.8, 4) is 0 Å². The monoisotopic (exact) mass is 314 g/mol. The summed E-state index contributed by atoms with van der Waals surface area (Å²) in [4.78, 5) is 0. The highest BCUT2D eigenvalue weighted by molar-refractivity contribution is 5.24. The second-order valence-corrected chi connectivity index (χ2v) is 5.13. The third kappa shape index (κ3) is 16.4. The van der Waals surface area contributed by atoms with Crippen LogP contribution >= 0.6 is 0 Å². The Morgan fingerprint density at radius 3 is 1.52 bits per heavy atom. The fourth-order valence-corrected chi connectivity index (χ4v) is 1.56. The van der Waals surface area contributed by atoms with Crippen LogP contribution in [0.3, 0.4) is 0 Å². The van der Waals surface area contributed by atoms with Crippen molar-refractivity contribution < 1.29 is 0 Å². The van der Waals surface area contributed by atoms with Gasteiger partial charge in [0.2, 0.25) is 0 Å². The van der Waals surface area contributed by atoms with Crippen LogP contribution in [0.4, 0.5) is 0 Å². The molecule has 0 aliphatic carbocycles. The minimum absolute atomic E-state index is 0. The summed E-state index contributed by atoms with van der Waals surface area (Å²) in [6, 6.07) is 18.9. The van der Waals surface area contributed by atoms with Crippen molar-refractivity contribution in [2.45, 2.75) is 61.8 Å². The molecule has 0 fully saturated rings. The van der Waals surface area contributed by atoms with Crippen molar-refractivity contribution in [1.29, 1.82) is 0 Å². The van der Waals surface area contributed by atoms with Gasteiger partial charge in [-0.15, -0.1) is 6.58 Å².